The molecule has 27 aromatic rings. The van der Waals surface area contributed by atoms with Crippen LogP contribution < -0.4 is 14.7 Å². The quantitative estimate of drug-likeness (QED) is 0.176. The third-order valence-corrected chi connectivity index (χ3v) is 30.2. The SMILES string of the molecule is c1ccc2c(c1)N(c1cccc3c1oc1ccccc13)c1cccc3c4ccc5c6ccccc6sc5c4n-2c13.c1ccc2c(c1)N(c1cccc3c1sc1ccccc13)c1cccc3c4c5c(ccc4n-2c13)oc1ccccc15.c1ccc2c(c1)N(c1cccc3c1sc1ccccc13)c1cccc3c4c5c(ccc4n-2c13)sc1ccccc15. The highest BCUT2D eigenvalue weighted by Gasteiger charge is 2.36. The highest BCUT2D eigenvalue weighted by molar-refractivity contribution is 7.27. The van der Waals surface area contributed by atoms with Crippen LogP contribution in [0.3, 0.4) is 0 Å². The zero-order chi connectivity index (χ0) is 77.8. The summed E-state index contributed by atoms with van der Waals surface area (Å²) in [5.41, 5.74) is 25.4. The van der Waals surface area contributed by atoms with Crippen LogP contribution in [-0.2, 0) is 0 Å². The summed E-state index contributed by atoms with van der Waals surface area (Å²) in [6.45, 7) is 0. The molecule has 3 aliphatic heterocycles. The Balaban J connectivity index is 0.0000000931. The van der Waals surface area contributed by atoms with Gasteiger partial charge in [-0.1, -0.05) is 231 Å². The zero-order valence-electron chi connectivity index (χ0n) is 63.8. The van der Waals surface area contributed by atoms with Crippen molar-refractivity contribution in [2.75, 3.05) is 14.7 Å². The Kier molecular flexibility index (Phi) is 13.3. The van der Waals surface area contributed by atoms with Crippen LogP contribution in [0, 0.1) is 0 Å². The third-order valence-electron chi connectivity index (χ3n) is 25.5. The Morgan fingerprint density at radius 3 is 1.09 bits per heavy atom. The summed E-state index contributed by atoms with van der Waals surface area (Å²) in [5.74, 6) is 0. The summed E-state index contributed by atoms with van der Waals surface area (Å²) in [5, 5.41) is 23.0. The molecular formula is C108H60N6O2S4. The van der Waals surface area contributed by atoms with E-state index in [4.69, 9.17) is 8.83 Å². The molecule has 0 amide bonds. The molecule has 0 N–H and O–H groups in total. The predicted molar refractivity (Wildman–Crippen MR) is 513 cm³/mol. The molecule has 120 heavy (non-hydrogen) atoms. The number of benzene rings is 18. The number of thiophene rings is 4. The van der Waals surface area contributed by atoms with Crippen molar-refractivity contribution in [3.63, 3.8) is 0 Å². The van der Waals surface area contributed by atoms with Crippen molar-refractivity contribution in [1.29, 1.82) is 0 Å². The van der Waals surface area contributed by atoms with Gasteiger partial charge in [-0.3, -0.25) is 0 Å². The average molecular weight is 1600 g/mol. The Hall–Kier alpha value is -14.8. The summed E-state index contributed by atoms with van der Waals surface area (Å²) in [4.78, 5) is 7.36. The number of para-hydroxylation sites is 12. The maximum Gasteiger partial charge on any atom is 0.159 e. The van der Waals surface area contributed by atoms with Crippen molar-refractivity contribution < 1.29 is 8.83 Å². The molecule has 12 heterocycles. The maximum atomic E-state index is 6.54. The van der Waals surface area contributed by atoms with E-state index < -0.39 is 0 Å². The molecule has 12 heteroatoms. The second-order valence-corrected chi connectivity index (χ2v) is 35.8. The van der Waals surface area contributed by atoms with E-state index >= 15 is 0 Å². The first-order valence-corrected chi connectivity index (χ1v) is 43.9. The van der Waals surface area contributed by atoms with Gasteiger partial charge in [0, 0.05) is 120 Å². The maximum absolute atomic E-state index is 6.54. The Morgan fingerprint density at radius 2 is 0.525 bits per heavy atom. The van der Waals surface area contributed by atoms with Crippen LogP contribution in [0.1, 0.15) is 0 Å². The van der Waals surface area contributed by atoms with Crippen molar-refractivity contribution in [3.8, 4) is 17.1 Å². The van der Waals surface area contributed by atoms with Crippen LogP contribution in [0.15, 0.2) is 373 Å². The zero-order valence-corrected chi connectivity index (χ0v) is 67.0. The minimum atomic E-state index is 0.909. The van der Waals surface area contributed by atoms with Gasteiger partial charge in [0.1, 0.15) is 16.7 Å². The number of furan rings is 2. The van der Waals surface area contributed by atoms with E-state index in [0.29, 0.717) is 0 Å². The molecule has 3 aliphatic rings. The molecule has 0 aliphatic carbocycles. The van der Waals surface area contributed by atoms with Crippen LogP contribution >= 0.6 is 45.3 Å². The molecule has 0 radical (unpaired) electrons. The van der Waals surface area contributed by atoms with Gasteiger partial charge in [-0.25, -0.2) is 0 Å². The van der Waals surface area contributed by atoms with Crippen molar-refractivity contribution in [1.82, 2.24) is 13.7 Å². The lowest BCUT2D eigenvalue weighted by atomic mass is 10.0. The topological polar surface area (TPSA) is 50.8 Å². The first kappa shape index (κ1) is 65.4. The second kappa shape index (κ2) is 24.4. The van der Waals surface area contributed by atoms with E-state index in [1.54, 1.807) is 0 Å². The largest absolute Gasteiger partial charge is 0.456 e. The molecule has 30 rings (SSSR count). The molecule has 0 saturated carbocycles. The van der Waals surface area contributed by atoms with Crippen molar-refractivity contribution >= 4 is 287 Å². The lowest BCUT2D eigenvalue weighted by molar-refractivity contribution is 0.668. The number of hydrogen-bond acceptors (Lipinski definition) is 9. The minimum Gasteiger partial charge on any atom is -0.456 e. The molecule has 0 saturated heterocycles. The van der Waals surface area contributed by atoms with Gasteiger partial charge < -0.3 is 37.2 Å². The van der Waals surface area contributed by atoms with E-state index in [-0.39, 0.29) is 0 Å². The molecule has 0 bridgehead atoms. The number of hydrogen-bond donors (Lipinski definition) is 0. The van der Waals surface area contributed by atoms with Crippen molar-refractivity contribution in [2.45, 2.75) is 0 Å². The molecule has 558 valence electrons. The smallest absolute Gasteiger partial charge is 0.159 e. The molecule has 0 atom stereocenters. The number of nitrogens with zero attached hydrogens (tertiary/aromatic N) is 6. The van der Waals surface area contributed by atoms with Gasteiger partial charge >= 0.3 is 0 Å². The summed E-state index contributed by atoms with van der Waals surface area (Å²) >= 11 is 7.55. The number of anilines is 9. The summed E-state index contributed by atoms with van der Waals surface area (Å²) < 4.78 is 30.9. The van der Waals surface area contributed by atoms with Crippen molar-refractivity contribution in [3.05, 3.63) is 364 Å². The van der Waals surface area contributed by atoms with Gasteiger partial charge in [0.2, 0.25) is 0 Å². The Morgan fingerprint density at radius 1 is 0.167 bits per heavy atom. The third kappa shape index (κ3) is 8.75. The molecule has 0 spiro atoms. The van der Waals surface area contributed by atoms with E-state index in [1.165, 1.54) is 203 Å². The lowest BCUT2D eigenvalue weighted by Crippen LogP contribution is -2.18. The predicted octanol–water partition coefficient (Wildman–Crippen LogP) is 33.0. The van der Waals surface area contributed by atoms with Crippen LogP contribution in [0.4, 0.5) is 51.2 Å². The number of rotatable bonds is 3. The first-order chi connectivity index (χ1) is 59.6. The van der Waals surface area contributed by atoms with E-state index in [9.17, 15) is 0 Å². The Labute approximate surface area is 699 Å². The normalized spacial score (nSPS) is 12.9. The summed E-state index contributed by atoms with van der Waals surface area (Å²) in [7, 11) is 0. The molecule has 0 unspecified atom stereocenters. The lowest BCUT2D eigenvalue weighted by Gasteiger charge is -2.33. The van der Waals surface area contributed by atoms with Gasteiger partial charge in [0.25, 0.3) is 0 Å². The van der Waals surface area contributed by atoms with Gasteiger partial charge in [-0.2, -0.15) is 0 Å². The van der Waals surface area contributed by atoms with E-state index in [0.717, 1.165) is 55.6 Å². The minimum absolute atomic E-state index is 0.909. The second-order valence-electron chi connectivity index (χ2n) is 31.6. The van der Waals surface area contributed by atoms with Gasteiger partial charge in [-0.05, 0) is 133 Å². The summed E-state index contributed by atoms with van der Waals surface area (Å²) in [6.07, 6.45) is 0. The van der Waals surface area contributed by atoms with Gasteiger partial charge in [0.05, 0.1) is 115 Å². The van der Waals surface area contributed by atoms with Crippen molar-refractivity contribution in [2.24, 2.45) is 0 Å². The van der Waals surface area contributed by atoms with Gasteiger partial charge in [-0.15, -0.1) is 45.3 Å². The number of fused-ring (bicyclic) bond motifs is 36. The summed E-state index contributed by atoms with van der Waals surface area (Å²) in [6, 6.07) is 132. The van der Waals surface area contributed by atoms with E-state index in [2.05, 4.69) is 380 Å². The van der Waals surface area contributed by atoms with Crippen LogP contribution in [-0.4, -0.2) is 13.7 Å². The van der Waals surface area contributed by atoms with Crippen LogP contribution in [0.25, 0.3) is 207 Å². The molecule has 18 aromatic carbocycles. The monoisotopic (exact) mass is 1600 g/mol. The number of aromatic nitrogens is 3. The Bertz CT molecular complexity index is 8860. The highest BCUT2D eigenvalue weighted by Crippen LogP contribution is 2.59. The standard InChI is InChI=1S/2C36H20N2OS.C36H20N2S2/c1-5-17-30-23(10-1)34-31(39-30)20-19-27-33(34)24-12-8-15-28-35(24)38(27)26-14-4-3-13-25(26)37(28)29-16-7-11-22-21-9-2-6-18-32(21)40-36(22)29;1-5-17-31-21(9-1)25-12-8-16-30(35(25)39-31)37-27-13-3-4-14-28(27)38-33-23(11-7-15-29(33)37)24-19-20-26-22-10-2-6-18-32(22)40-36(26)34(24)38;1-5-17-30-21(9-1)22-11-7-16-29(36(22)40-30)37-25-13-3-4-14-26(25)38-27-19-20-32-34(23-10-2-6-18-31(23)39-32)33(27)24-12-8-15-28(37)35(24)38/h3*1-20H. The fourth-order valence-corrected chi connectivity index (χ4v) is 25.5. The molecule has 8 nitrogen and oxygen atoms in total. The fourth-order valence-electron chi connectivity index (χ4n) is 20.7. The average Bonchev–Trinajstić information content (AvgIpc) is 1.53. The molecule has 9 aromatic heterocycles. The fraction of sp³-hybridized carbons (Fsp3) is 0. The van der Waals surface area contributed by atoms with Gasteiger partial charge in [0.15, 0.2) is 5.58 Å². The highest BCUT2D eigenvalue weighted by atomic mass is 32.1. The molecular weight excluding hydrogens is 1540 g/mol. The van der Waals surface area contributed by atoms with Crippen LogP contribution in [0.2, 0.25) is 0 Å². The molecule has 0 fully saturated rings. The first-order valence-electron chi connectivity index (χ1n) is 40.6. The van der Waals surface area contributed by atoms with Crippen LogP contribution in [0.5, 0.6) is 0 Å². The van der Waals surface area contributed by atoms with E-state index in [1.807, 2.05) is 57.5 Å².